The Kier molecular flexibility index (Phi) is 2.93. The van der Waals surface area contributed by atoms with Crippen LogP contribution < -0.4 is 17.0 Å². The van der Waals surface area contributed by atoms with Crippen molar-refractivity contribution in [3.63, 3.8) is 0 Å². The van der Waals surface area contributed by atoms with Gasteiger partial charge in [0, 0.05) is 6.42 Å². The van der Waals surface area contributed by atoms with Crippen molar-refractivity contribution in [1.29, 1.82) is 0 Å². The first-order valence-corrected chi connectivity index (χ1v) is 7.08. The first-order chi connectivity index (χ1) is 9.41. The van der Waals surface area contributed by atoms with E-state index in [0.29, 0.717) is 22.7 Å². The summed E-state index contributed by atoms with van der Waals surface area (Å²) in [6.07, 6.45) is 0.793. The third-order valence-electron chi connectivity index (χ3n) is 3.42. The molecule has 6 nitrogen and oxygen atoms in total. The van der Waals surface area contributed by atoms with Gasteiger partial charge in [-0.1, -0.05) is 0 Å². The van der Waals surface area contributed by atoms with Gasteiger partial charge in [0.1, 0.15) is 10.4 Å². The molecular formula is C13H16N4O2S. The van der Waals surface area contributed by atoms with Crippen molar-refractivity contribution in [1.82, 2.24) is 10.4 Å². The highest BCUT2D eigenvalue weighted by Gasteiger charge is 2.28. The van der Waals surface area contributed by atoms with E-state index in [-0.39, 0.29) is 11.5 Å². The van der Waals surface area contributed by atoms with Gasteiger partial charge in [-0.2, -0.15) is 0 Å². The summed E-state index contributed by atoms with van der Waals surface area (Å²) >= 11 is 1.31. The number of hydrogen-bond acceptors (Lipinski definition) is 6. The van der Waals surface area contributed by atoms with Crippen molar-refractivity contribution in [3.8, 4) is 0 Å². The molecule has 0 aromatic carbocycles. The standard InChI is InChI=1S/C13H16N4O2S/c1-13(2)4-6-3-8-10(16-7(6)5-19-13)9(14)11(20-8)12(18)17-15/h3H,4-5,14-15H2,1-2H3,(H,17,18). The van der Waals surface area contributed by atoms with Gasteiger partial charge in [-0.3, -0.25) is 10.2 Å². The number of anilines is 1. The minimum absolute atomic E-state index is 0.192. The fourth-order valence-electron chi connectivity index (χ4n) is 2.40. The molecule has 0 unspecified atom stereocenters. The highest BCUT2D eigenvalue weighted by atomic mass is 32.1. The van der Waals surface area contributed by atoms with Gasteiger partial charge in [-0.25, -0.2) is 10.8 Å². The molecule has 7 heteroatoms. The second-order valence-electron chi connectivity index (χ2n) is 5.48. The molecule has 106 valence electrons. The van der Waals surface area contributed by atoms with Gasteiger partial charge >= 0.3 is 0 Å². The summed E-state index contributed by atoms with van der Waals surface area (Å²) in [6, 6.07) is 2.05. The van der Waals surface area contributed by atoms with Crippen LogP contribution in [0.3, 0.4) is 0 Å². The van der Waals surface area contributed by atoms with Gasteiger partial charge in [-0.05, 0) is 25.5 Å². The van der Waals surface area contributed by atoms with Crippen LogP contribution in [-0.2, 0) is 17.8 Å². The minimum Gasteiger partial charge on any atom is -0.396 e. The molecule has 0 saturated carbocycles. The van der Waals surface area contributed by atoms with E-state index < -0.39 is 0 Å². The zero-order valence-electron chi connectivity index (χ0n) is 11.3. The van der Waals surface area contributed by atoms with Crippen LogP contribution in [0, 0.1) is 0 Å². The van der Waals surface area contributed by atoms with E-state index in [4.69, 9.17) is 16.3 Å². The molecule has 3 heterocycles. The quantitative estimate of drug-likeness (QED) is 0.418. The monoisotopic (exact) mass is 292 g/mol. The number of fused-ring (bicyclic) bond motifs is 2. The Morgan fingerprint density at radius 2 is 2.30 bits per heavy atom. The topological polar surface area (TPSA) is 103 Å². The Balaban J connectivity index is 2.16. The number of rotatable bonds is 1. The van der Waals surface area contributed by atoms with E-state index in [1.807, 2.05) is 0 Å². The molecule has 0 radical (unpaired) electrons. The number of nitrogen functional groups attached to an aromatic ring is 2. The molecule has 0 spiro atoms. The Bertz CT molecular complexity index is 708. The lowest BCUT2D eigenvalue weighted by Crippen LogP contribution is -2.32. The summed E-state index contributed by atoms with van der Waals surface area (Å²) in [6.45, 7) is 4.57. The van der Waals surface area contributed by atoms with Gasteiger partial charge in [0.2, 0.25) is 0 Å². The second-order valence-corrected chi connectivity index (χ2v) is 6.54. The maximum Gasteiger partial charge on any atom is 0.277 e. The first kappa shape index (κ1) is 13.3. The smallest absolute Gasteiger partial charge is 0.277 e. The largest absolute Gasteiger partial charge is 0.396 e. The number of hydrogen-bond donors (Lipinski definition) is 3. The molecule has 5 N–H and O–H groups in total. The highest BCUT2D eigenvalue weighted by Crippen LogP contribution is 2.36. The van der Waals surface area contributed by atoms with Crippen molar-refractivity contribution in [2.75, 3.05) is 5.73 Å². The lowest BCUT2D eigenvalue weighted by molar-refractivity contribution is -0.0418. The lowest BCUT2D eigenvalue weighted by Gasteiger charge is -2.31. The summed E-state index contributed by atoms with van der Waals surface area (Å²) in [5, 5.41) is 0. The van der Waals surface area contributed by atoms with Crippen LogP contribution in [-0.4, -0.2) is 16.5 Å². The molecule has 0 bridgehead atoms. The van der Waals surface area contributed by atoms with Crippen LogP contribution in [0.1, 0.15) is 34.8 Å². The third-order valence-corrected chi connectivity index (χ3v) is 4.56. The molecule has 2 aromatic heterocycles. The second kappa shape index (κ2) is 4.41. The number of ether oxygens (including phenoxy) is 1. The number of aromatic nitrogens is 1. The Hall–Kier alpha value is -1.70. The molecule has 0 atom stereocenters. The average Bonchev–Trinajstić information content (AvgIpc) is 2.71. The predicted molar refractivity (Wildman–Crippen MR) is 78.3 cm³/mol. The molecule has 2 aromatic rings. The normalized spacial score (nSPS) is 16.9. The van der Waals surface area contributed by atoms with E-state index in [1.165, 1.54) is 11.3 Å². The number of pyridine rings is 1. The van der Waals surface area contributed by atoms with Gasteiger partial charge in [0.15, 0.2) is 0 Å². The van der Waals surface area contributed by atoms with Gasteiger partial charge in [-0.15, -0.1) is 11.3 Å². The number of thiophene rings is 1. The van der Waals surface area contributed by atoms with E-state index in [2.05, 4.69) is 30.3 Å². The zero-order valence-corrected chi connectivity index (χ0v) is 12.1. The SMILES string of the molecule is CC1(C)Cc2cc3sc(C(=O)NN)c(N)c3nc2CO1. The summed E-state index contributed by atoms with van der Waals surface area (Å²) in [4.78, 5) is 16.6. The molecule has 1 amide bonds. The number of nitrogens with one attached hydrogen (secondary N) is 1. The maximum absolute atomic E-state index is 11.7. The van der Waals surface area contributed by atoms with E-state index in [0.717, 1.165) is 22.4 Å². The molecular weight excluding hydrogens is 276 g/mol. The number of carbonyl (C=O) groups is 1. The summed E-state index contributed by atoms with van der Waals surface area (Å²) in [5.41, 5.74) is 11.0. The fourth-order valence-corrected chi connectivity index (χ4v) is 3.43. The Morgan fingerprint density at radius 1 is 1.55 bits per heavy atom. The lowest BCUT2D eigenvalue weighted by atomic mass is 9.94. The van der Waals surface area contributed by atoms with Gasteiger partial charge in [0.25, 0.3) is 5.91 Å². The van der Waals surface area contributed by atoms with Crippen molar-refractivity contribution in [3.05, 3.63) is 22.2 Å². The summed E-state index contributed by atoms with van der Waals surface area (Å²) in [5.74, 6) is 4.77. The van der Waals surface area contributed by atoms with E-state index in [9.17, 15) is 4.79 Å². The van der Waals surface area contributed by atoms with Crippen LogP contribution in [0.5, 0.6) is 0 Å². The molecule has 1 aliphatic heterocycles. The van der Waals surface area contributed by atoms with Crippen LogP contribution in [0.2, 0.25) is 0 Å². The molecule has 0 saturated heterocycles. The van der Waals surface area contributed by atoms with Crippen LogP contribution in [0.25, 0.3) is 10.2 Å². The molecule has 0 fully saturated rings. The molecule has 1 aliphatic rings. The van der Waals surface area contributed by atoms with Crippen molar-refractivity contribution in [2.45, 2.75) is 32.5 Å². The number of hydrazine groups is 1. The Labute approximate surface area is 120 Å². The number of amides is 1. The number of carbonyl (C=O) groups excluding carboxylic acids is 1. The maximum atomic E-state index is 11.7. The van der Waals surface area contributed by atoms with E-state index in [1.54, 1.807) is 0 Å². The van der Waals surface area contributed by atoms with Crippen molar-refractivity contribution < 1.29 is 9.53 Å². The van der Waals surface area contributed by atoms with Crippen molar-refractivity contribution in [2.24, 2.45) is 5.84 Å². The third kappa shape index (κ3) is 2.04. The average molecular weight is 292 g/mol. The van der Waals surface area contributed by atoms with Crippen molar-refractivity contribution >= 4 is 33.1 Å². The number of nitrogens with zero attached hydrogens (tertiary/aromatic N) is 1. The first-order valence-electron chi connectivity index (χ1n) is 6.27. The summed E-state index contributed by atoms with van der Waals surface area (Å²) in [7, 11) is 0. The van der Waals surface area contributed by atoms with Crippen LogP contribution in [0.15, 0.2) is 6.07 Å². The van der Waals surface area contributed by atoms with E-state index >= 15 is 0 Å². The Morgan fingerprint density at radius 3 is 3.00 bits per heavy atom. The fraction of sp³-hybridized carbons (Fsp3) is 0.385. The number of nitrogens with two attached hydrogens (primary N) is 2. The van der Waals surface area contributed by atoms with Gasteiger partial charge in [0.05, 0.1) is 28.3 Å². The predicted octanol–water partition coefficient (Wildman–Crippen LogP) is 1.33. The zero-order chi connectivity index (χ0) is 14.5. The van der Waals surface area contributed by atoms with Gasteiger partial charge < -0.3 is 10.5 Å². The molecule has 0 aliphatic carbocycles. The summed E-state index contributed by atoms with van der Waals surface area (Å²) < 4.78 is 6.66. The molecule has 3 rings (SSSR count). The van der Waals surface area contributed by atoms with Crippen LogP contribution >= 0.6 is 11.3 Å². The van der Waals surface area contributed by atoms with Crippen LogP contribution in [0.4, 0.5) is 5.69 Å². The molecule has 20 heavy (non-hydrogen) atoms. The highest BCUT2D eigenvalue weighted by molar-refractivity contribution is 7.21. The minimum atomic E-state index is -0.389.